The molecule has 1 aromatic rings. The SMILES string of the molecule is CCCCCC(C)(C)CNCc1ccc(Cl)cc1F. The summed E-state index contributed by atoms with van der Waals surface area (Å²) < 4.78 is 13.6. The molecule has 0 aliphatic heterocycles. The van der Waals surface area contributed by atoms with Crippen LogP contribution < -0.4 is 5.32 Å². The summed E-state index contributed by atoms with van der Waals surface area (Å²) in [5.74, 6) is -0.233. The van der Waals surface area contributed by atoms with E-state index in [9.17, 15) is 4.39 Å². The van der Waals surface area contributed by atoms with Gasteiger partial charge in [-0.2, -0.15) is 0 Å². The fourth-order valence-corrected chi connectivity index (χ4v) is 2.30. The highest BCUT2D eigenvalue weighted by molar-refractivity contribution is 6.30. The Labute approximate surface area is 121 Å². The monoisotopic (exact) mass is 285 g/mol. The lowest BCUT2D eigenvalue weighted by atomic mass is 9.87. The van der Waals surface area contributed by atoms with Crippen molar-refractivity contribution < 1.29 is 4.39 Å². The number of halogens is 2. The molecule has 1 N–H and O–H groups in total. The molecule has 0 radical (unpaired) electrons. The Morgan fingerprint density at radius 2 is 2.00 bits per heavy atom. The van der Waals surface area contributed by atoms with Gasteiger partial charge in [0.1, 0.15) is 5.82 Å². The zero-order valence-corrected chi connectivity index (χ0v) is 13.0. The highest BCUT2D eigenvalue weighted by atomic mass is 35.5. The third-order valence-corrected chi connectivity index (χ3v) is 3.63. The van der Waals surface area contributed by atoms with Gasteiger partial charge in [0.05, 0.1) is 0 Å². The van der Waals surface area contributed by atoms with E-state index in [-0.39, 0.29) is 11.2 Å². The minimum atomic E-state index is -0.233. The summed E-state index contributed by atoms with van der Waals surface area (Å²) in [5, 5.41) is 3.79. The van der Waals surface area contributed by atoms with Crippen molar-refractivity contribution in [2.45, 2.75) is 53.0 Å². The van der Waals surface area contributed by atoms with Gasteiger partial charge >= 0.3 is 0 Å². The molecule has 0 aliphatic rings. The van der Waals surface area contributed by atoms with Gasteiger partial charge in [-0.25, -0.2) is 4.39 Å². The Bertz CT molecular complexity index is 390. The maximum Gasteiger partial charge on any atom is 0.129 e. The van der Waals surface area contributed by atoms with E-state index >= 15 is 0 Å². The van der Waals surface area contributed by atoms with Gasteiger partial charge in [0.2, 0.25) is 0 Å². The standard InChI is InChI=1S/C16H25ClFN/c1-4-5-6-9-16(2,3)12-19-11-13-7-8-14(17)10-15(13)18/h7-8,10,19H,4-6,9,11-12H2,1-3H3. The molecule has 108 valence electrons. The average molecular weight is 286 g/mol. The average Bonchev–Trinajstić information content (AvgIpc) is 2.32. The molecule has 1 nitrogen and oxygen atoms in total. The predicted octanol–water partition coefficient (Wildman–Crippen LogP) is 5.18. The summed E-state index contributed by atoms with van der Waals surface area (Å²) in [4.78, 5) is 0. The third-order valence-electron chi connectivity index (χ3n) is 3.39. The van der Waals surface area contributed by atoms with Crippen molar-refractivity contribution in [1.29, 1.82) is 0 Å². The fraction of sp³-hybridized carbons (Fsp3) is 0.625. The van der Waals surface area contributed by atoms with Crippen molar-refractivity contribution in [3.8, 4) is 0 Å². The minimum absolute atomic E-state index is 0.233. The molecule has 0 saturated carbocycles. The van der Waals surface area contributed by atoms with Crippen molar-refractivity contribution in [3.05, 3.63) is 34.6 Å². The number of unbranched alkanes of at least 4 members (excludes halogenated alkanes) is 2. The number of nitrogens with one attached hydrogen (secondary N) is 1. The van der Waals surface area contributed by atoms with Crippen LogP contribution in [0.2, 0.25) is 5.02 Å². The van der Waals surface area contributed by atoms with Crippen molar-refractivity contribution in [2.75, 3.05) is 6.54 Å². The summed E-state index contributed by atoms with van der Waals surface area (Å²) in [7, 11) is 0. The van der Waals surface area contributed by atoms with Gasteiger partial charge in [-0.1, -0.05) is 57.7 Å². The zero-order valence-electron chi connectivity index (χ0n) is 12.2. The second kappa shape index (κ2) is 7.86. The summed E-state index contributed by atoms with van der Waals surface area (Å²) in [6.45, 7) is 8.19. The van der Waals surface area contributed by atoms with E-state index in [0.29, 0.717) is 17.1 Å². The molecule has 0 unspecified atom stereocenters. The quantitative estimate of drug-likeness (QED) is 0.649. The molecule has 3 heteroatoms. The first kappa shape index (κ1) is 16.5. The Hall–Kier alpha value is -0.600. The summed E-state index contributed by atoms with van der Waals surface area (Å²) >= 11 is 5.73. The Morgan fingerprint density at radius 1 is 1.26 bits per heavy atom. The lowest BCUT2D eigenvalue weighted by Crippen LogP contribution is -2.29. The van der Waals surface area contributed by atoms with Crippen molar-refractivity contribution in [1.82, 2.24) is 5.32 Å². The van der Waals surface area contributed by atoms with Gasteiger partial charge in [0.25, 0.3) is 0 Å². The topological polar surface area (TPSA) is 12.0 Å². The van der Waals surface area contributed by atoms with Gasteiger partial charge in [-0.05, 0) is 24.0 Å². The van der Waals surface area contributed by atoms with Gasteiger partial charge < -0.3 is 5.32 Å². The molecule has 0 fully saturated rings. The van der Waals surface area contributed by atoms with E-state index in [1.54, 1.807) is 12.1 Å². The van der Waals surface area contributed by atoms with Crippen LogP contribution in [0.5, 0.6) is 0 Å². The smallest absolute Gasteiger partial charge is 0.129 e. The van der Waals surface area contributed by atoms with E-state index in [4.69, 9.17) is 11.6 Å². The first-order valence-corrected chi connectivity index (χ1v) is 7.47. The van der Waals surface area contributed by atoms with Crippen LogP contribution in [0.3, 0.4) is 0 Å². The van der Waals surface area contributed by atoms with Gasteiger partial charge in [0.15, 0.2) is 0 Å². The first-order chi connectivity index (χ1) is 8.94. The van der Waals surface area contributed by atoms with Crippen molar-refractivity contribution >= 4 is 11.6 Å². The minimum Gasteiger partial charge on any atom is -0.312 e. The van der Waals surface area contributed by atoms with Crippen LogP contribution in [0.15, 0.2) is 18.2 Å². The molecule has 0 bridgehead atoms. The Kier molecular flexibility index (Phi) is 6.81. The summed E-state index contributed by atoms with van der Waals surface area (Å²) in [5.41, 5.74) is 0.937. The van der Waals surface area contributed by atoms with E-state index in [1.807, 2.05) is 0 Å². The van der Waals surface area contributed by atoms with Gasteiger partial charge in [0, 0.05) is 23.7 Å². The molecular formula is C16H25ClFN. The van der Waals surface area contributed by atoms with Crippen LogP contribution in [-0.4, -0.2) is 6.54 Å². The van der Waals surface area contributed by atoms with Crippen LogP contribution in [0.4, 0.5) is 4.39 Å². The molecule has 0 aliphatic carbocycles. The Balaban J connectivity index is 2.36. The predicted molar refractivity (Wildman–Crippen MR) is 81.0 cm³/mol. The molecular weight excluding hydrogens is 261 g/mol. The van der Waals surface area contributed by atoms with Gasteiger partial charge in [-0.3, -0.25) is 0 Å². The second-order valence-electron chi connectivity index (χ2n) is 5.96. The van der Waals surface area contributed by atoms with Crippen LogP contribution in [0, 0.1) is 11.2 Å². The van der Waals surface area contributed by atoms with Crippen LogP contribution in [-0.2, 0) is 6.54 Å². The maximum absolute atomic E-state index is 13.6. The van der Waals surface area contributed by atoms with Crippen molar-refractivity contribution in [3.63, 3.8) is 0 Å². The lowest BCUT2D eigenvalue weighted by Gasteiger charge is -2.25. The number of hydrogen-bond donors (Lipinski definition) is 1. The fourth-order valence-electron chi connectivity index (χ4n) is 2.14. The highest BCUT2D eigenvalue weighted by Crippen LogP contribution is 2.23. The third kappa shape index (κ3) is 6.40. The second-order valence-corrected chi connectivity index (χ2v) is 6.40. The largest absolute Gasteiger partial charge is 0.312 e. The van der Waals surface area contributed by atoms with Gasteiger partial charge in [-0.15, -0.1) is 0 Å². The number of benzene rings is 1. The molecule has 1 aromatic carbocycles. The maximum atomic E-state index is 13.6. The van der Waals surface area contributed by atoms with E-state index in [1.165, 1.54) is 31.7 Å². The molecule has 0 saturated heterocycles. The van der Waals surface area contributed by atoms with Crippen LogP contribution in [0.1, 0.15) is 52.0 Å². The number of hydrogen-bond acceptors (Lipinski definition) is 1. The molecule has 0 heterocycles. The Morgan fingerprint density at radius 3 is 2.63 bits per heavy atom. The van der Waals surface area contributed by atoms with E-state index < -0.39 is 0 Å². The summed E-state index contributed by atoms with van der Waals surface area (Å²) in [6.07, 6.45) is 5.01. The van der Waals surface area contributed by atoms with E-state index in [2.05, 4.69) is 26.1 Å². The van der Waals surface area contributed by atoms with Crippen molar-refractivity contribution in [2.24, 2.45) is 5.41 Å². The normalized spacial score (nSPS) is 11.8. The van der Waals surface area contributed by atoms with Crippen LogP contribution >= 0.6 is 11.6 Å². The van der Waals surface area contributed by atoms with E-state index in [0.717, 1.165) is 6.54 Å². The molecule has 0 atom stereocenters. The highest BCUT2D eigenvalue weighted by Gasteiger charge is 2.16. The van der Waals surface area contributed by atoms with Crippen LogP contribution in [0.25, 0.3) is 0 Å². The lowest BCUT2D eigenvalue weighted by molar-refractivity contribution is 0.301. The molecule has 1 rings (SSSR count). The molecule has 0 aromatic heterocycles. The zero-order chi connectivity index (χ0) is 14.3. The molecule has 0 amide bonds. The molecule has 0 spiro atoms. The first-order valence-electron chi connectivity index (χ1n) is 7.09. The molecule has 19 heavy (non-hydrogen) atoms. The number of rotatable bonds is 8. The summed E-state index contributed by atoms with van der Waals surface area (Å²) in [6, 6.07) is 4.84.